The van der Waals surface area contributed by atoms with E-state index in [1.807, 2.05) is 18.2 Å². The van der Waals surface area contributed by atoms with E-state index in [2.05, 4.69) is 19.0 Å². The number of nitrogens with zero attached hydrogens (tertiary/aromatic N) is 1. The van der Waals surface area contributed by atoms with Crippen molar-refractivity contribution in [3.8, 4) is 0 Å². The molecular formula is C19H23NO4. The van der Waals surface area contributed by atoms with Crippen molar-refractivity contribution in [2.24, 2.45) is 0 Å². The zero-order chi connectivity index (χ0) is 18.1. The fraction of sp³-hybridized carbons (Fsp3) is 0.368. The fourth-order valence-electron chi connectivity index (χ4n) is 2.47. The zero-order valence-electron chi connectivity index (χ0n) is 14.6. The Morgan fingerprint density at radius 2 is 1.96 bits per heavy atom. The number of benzene rings is 1. The van der Waals surface area contributed by atoms with Crippen molar-refractivity contribution >= 4 is 17.6 Å². The Bertz CT molecular complexity index is 779. The maximum Gasteiger partial charge on any atom is 0.339 e. The van der Waals surface area contributed by atoms with Crippen LogP contribution in [0.4, 0.5) is 0 Å². The molecule has 2 aromatic rings. The highest BCUT2D eigenvalue weighted by molar-refractivity contribution is 6.19. The van der Waals surface area contributed by atoms with Gasteiger partial charge in [-0.05, 0) is 49.5 Å². The van der Waals surface area contributed by atoms with Crippen LogP contribution in [0.5, 0.6) is 0 Å². The number of aryl methyl sites for hydroxylation is 1. The van der Waals surface area contributed by atoms with Crippen LogP contribution in [0, 0.1) is 6.92 Å². The zero-order valence-corrected chi connectivity index (χ0v) is 14.6. The lowest BCUT2D eigenvalue weighted by Crippen LogP contribution is -2.18. The average molecular weight is 329 g/mol. The third-order valence-electron chi connectivity index (χ3n) is 3.83. The summed E-state index contributed by atoms with van der Waals surface area (Å²) in [5, 5.41) is 23.7. The summed E-state index contributed by atoms with van der Waals surface area (Å²) in [6.07, 6.45) is 1.51. The molecule has 2 N–H and O–H groups in total. The first kappa shape index (κ1) is 17.9. The van der Waals surface area contributed by atoms with Crippen LogP contribution in [0.2, 0.25) is 0 Å². The van der Waals surface area contributed by atoms with Crippen LogP contribution in [0.3, 0.4) is 0 Å². The number of carboxylic acids is 1. The second-order valence-corrected chi connectivity index (χ2v) is 6.76. The van der Waals surface area contributed by atoms with Crippen LogP contribution in [-0.4, -0.2) is 21.3 Å². The van der Waals surface area contributed by atoms with Gasteiger partial charge in [-0.1, -0.05) is 37.2 Å². The van der Waals surface area contributed by atoms with E-state index in [4.69, 9.17) is 4.52 Å². The molecule has 5 heteroatoms. The largest absolute Gasteiger partial charge is 0.478 e. The summed E-state index contributed by atoms with van der Waals surface area (Å²) in [6.45, 7) is 9.23. The smallest absolute Gasteiger partial charge is 0.339 e. The van der Waals surface area contributed by atoms with Gasteiger partial charge in [-0.15, -0.1) is 0 Å². The Morgan fingerprint density at radius 3 is 2.42 bits per heavy atom. The summed E-state index contributed by atoms with van der Waals surface area (Å²) < 4.78 is 5.09. The van der Waals surface area contributed by atoms with E-state index in [1.54, 1.807) is 26.8 Å². The van der Waals surface area contributed by atoms with Gasteiger partial charge in [-0.25, -0.2) is 4.79 Å². The van der Waals surface area contributed by atoms with Gasteiger partial charge in [-0.2, -0.15) is 0 Å². The molecule has 1 heterocycles. The molecule has 0 atom stereocenters. The number of rotatable bonds is 5. The van der Waals surface area contributed by atoms with Crippen molar-refractivity contribution in [2.45, 2.75) is 46.1 Å². The predicted octanol–water partition coefficient (Wildman–Crippen LogP) is 3.96. The number of aliphatic carboxylic acids is 1. The number of hydrogen-bond donors (Lipinski definition) is 2. The number of carboxylic acid groups (broad SMARTS) is 1. The molecule has 0 unspecified atom stereocenters. The minimum Gasteiger partial charge on any atom is -0.478 e. The van der Waals surface area contributed by atoms with E-state index < -0.39 is 11.6 Å². The Morgan fingerprint density at radius 1 is 1.29 bits per heavy atom. The predicted molar refractivity (Wildman–Crippen MR) is 92.5 cm³/mol. The SMILES string of the molecule is Cc1cc(/C(=C/c2ccc(C(C)C)cc2C(C)(C)O)C(=O)O)on1. The highest BCUT2D eigenvalue weighted by Crippen LogP contribution is 2.30. The minimum atomic E-state index is -1.11. The first-order chi connectivity index (χ1) is 11.1. The minimum absolute atomic E-state index is 0.00148. The lowest BCUT2D eigenvalue weighted by Gasteiger charge is -2.22. The van der Waals surface area contributed by atoms with E-state index in [-0.39, 0.29) is 11.3 Å². The molecule has 128 valence electrons. The Balaban J connectivity index is 2.63. The third kappa shape index (κ3) is 3.92. The van der Waals surface area contributed by atoms with Crippen LogP contribution in [0.1, 0.15) is 61.8 Å². The van der Waals surface area contributed by atoms with Crippen molar-refractivity contribution in [2.75, 3.05) is 0 Å². The molecule has 0 saturated heterocycles. The lowest BCUT2D eigenvalue weighted by molar-refractivity contribution is -0.130. The van der Waals surface area contributed by atoms with Gasteiger partial charge in [0, 0.05) is 6.07 Å². The van der Waals surface area contributed by atoms with Crippen LogP contribution in [0.15, 0.2) is 28.8 Å². The summed E-state index contributed by atoms with van der Waals surface area (Å²) in [6, 6.07) is 7.26. The highest BCUT2D eigenvalue weighted by Gasteiger charge is 2.22. The summed E-state index contributed by atoms with van der Waals surface area (Å²) in [7, 11) is 0. The molecule has 0 aliphatic heterocycles. The van der Waals surface area contributed by atoms with Crippen LogP contribution in [0.25, 0.3) is 11.6 Å². The van der Waals surface area contributed by atoms with Crippen molar-refractivity contribution in [1.29, 1.82) is 0 Å². The van der Waals surface area contributed by atoms with Crippen molar-refractivity contribution in [3.63, 3.8) is 0 Å². The molecule has 5 nitrogen and oxygen atoms in total. The first-order valence-electron chi connectivity index (χ1n) is 7.85. The molecule has 1 aromatic carbocycles. The van der Waals surface area contributed by atoms with Gasteiger partial charge in [0.05, 0.1) is 11.3 Å². The van der Waals surface area contributed by atoms with E-state index in [1.165, 1.54) is 6.08 Å². The normalized spacial score (nSPS) is 12.7. The van der Waals surface area contributed by atoms with E-state index >= 15 is 0 Å². The van der Waals surface area contributed by atoms with Gasteiger partial charge >= 0.3 is 5.97 Å². The van der Waals surface area contributed by atoms with Crippen molar-refractivity contribution in [3.05, 3.63) is 52.4 Å². The first-order valence-corrected chi connectivity index (χ1v) is 7.85. The second-order valence-electron chi connectivity index (χ2n) is 6.76. The van der Waals surface area contributed by atoms with E-state index in [0.29, 0.717) is 22.7 Å². The van der Waals surface area contributed by atoms with Crippen LogP contribution in [-0.2, 0) is 10.4 Å². The maximum absolute atomic E-state index is 11.6. The molecule has 0 bridgehead atoms. The monoisotopic (exact) mass is 329 g/mol. The number of carbonyl (C=O) groups is 1. The summed E-state index contributed by atoms with van der Waals surface area (Å²) in [5.41, 5.74) is 1.89. The lowest BCUT2D eigenvalue weighted by atomic mass is 9.88. The Labute approximate surface area is 141 Å². The van der Waals surface area contributed by atoms with Crippen molar-refractivity contribution in [1.82, 2.24) is 5.16 Å². The summed E-state index contributed by atoms with van der Waals surface area (Å²) >= 11 is 0. The van der Waals surface area contributed by atoms with Gasteiger partial charge in [0.2, 0.25) is 0 Å². The van der Waals surface area contributed by atoms with E-state index in [9.17, 15) is 15.0 Å². The molecule has 0 saturated carbocycles. The number of aromatic nitrogens is 1. The van der Waals surface area contributed by atoms with Gasteiger partial charge in [0.1, 0.15) is 5.57 Å². The molecule has 24 heavy (non-hydrogen) atoms. The standard InChI is InChI=1S/C19H23NO4/c1-11(2)13-6-7-14(16(10-13)19(4,5)23)9-15(18(21)22)17-8-12(3)20-24-17/h6-11,23H,1-5H3,(H,21,22)/b15-9-. The highest BCUT2D eigenvalue weighted by atomic mass is 16.5. The van der Waals surface area contributed by atoms with Crippen molar-refractivity contribution < 1.29 is 19.5 Å². The molecule has 0 spiro atoms. The molecule has 0 amide bonds. The maximum atomic E-state index is 11.6. The molecule has 1 aromatic heterocycles. The molecule has 0 aliphatic carbocycles. The summed E-state index contributed by atoms with van der Waals surface area (Å²) in [4.78, 5) is 11.6. The molecule has 2 rings (SSSR count). The van der Waals surface area contributed by atoms with Gasteiger partial charge in [-0.3, -0.25) is 0 Å². The number of aliphatic hydroxyl groups is 1. The Hall–Kier alpha value is -2.40. The quantitative estimate of drug-likeness (QED) is 0.811. The van der Waals surface area contributed by atoms with Gasteiger partial charge in [0.25, 0.3) is 0 Å². The Kier molecular flexibility index (Phi) is 4.94. The van der Waals surface area contributed by atoms with Crippen LogP contribution < -0.4 is 0 Å². The molecule has 0 radical (unpaired) electrons. The molecule has 0 aliphatic rings. The average Bonchev–Trinajstić information content (AvgIpc) is 2.89. The third-order valence-corrected chi connectivity index (χ3v) is 3.83. The second kappa shape index (κ2) is 6.61. The van der Waals surface area contributed by atoms with Gasteiger partial charge in [0.15, 0.2) is 5.76 Å². The van der Waals surface area contributed by atoms with E-state index in [0.717, 1.165) is 5.56 Å². The fourth-order valence-corrected chi connectivity index (χ4v) is 2.47. The van der Waals surface area contributed by atoms with Gasteiger partial charge < -0.3 is 14.7 Å². The topological polar surface area (TPSA) is 83.6 Å². The number of hydrogen-bond acceptors (Lipinski definition) is 4. The molecular weight excluding hydrogens is 306 g/mol. The molecule has 0 fully saturated rings. The summed E-state index contributed by atoms with van der Waals surface area (Å²) in [5.74, 6) is -0.615. The van der Waals surface area contributed by atoms with Crippen LogP contribution >= 0.6 is 0 Å².